The molecule has 0 unspecified atom stereocenters. The Kier molecular flexibility index (Phi) is 14.4. The lowest BCUT2D eigenvalue weighted by Gasteiger charge is -2.33. The minimum Gasteiger partial charge on any atom is -0.444 e. The fraction of sp³-hybridized carbons (Fsp3) is 0.383. The first-order chi connectivity index (χ1) is 29.5. The Morgan fingerprint density at radius 2 is 1.15 bits per heavy atom. The molecule has 320 valence electrons. The number of nitrogens with one attached hydrogen (secondary N) is 3. The minimum atomic E-state index is -0.472. The lowest BCUT2D eigenvalue weighted by molar-refractivity contribution is -0.0171. The number of benzene rings is 2. The van der Waals surface area contributed by atoms with Crippen LogP contribution in [0.4, 0.5) is 28.1 Å². The number of nitrogens with two attached hydrogens (primary N) is 2. The molecule has 2 fully saturated rings. The van der Waals surface area contributed by atoms with Crippen molar-refractivity contribution in [2.75, 3.05) is 48.3 Å². The molecule has 7 N–H and O–H groups in total. The van der Waals surface area contributed by atoms with Crippen LogP contribution in [0.2, 0.25) is 0 Å². The third-order valence-electron chi connectivity index (χ3n) is 10.7. The van der Waals surface area contributed by atoms with Crippen LogP contribution >= 0.6 is 0 Å². The fourth-order valence-electron chi connectivity index (χ4n) is 7.26. The number of rotatable bonds is 12. The zero-order valence-electron chi connectivity index (χ0n) is 35.4. The monoisotopic (exact) mass is 826 g/mol. The van der Waals surface area contributed by atoms with Crippen molar-refractivity contribution in [3.05, 3.63) is 120 Å². The van der Waals surface area contributed by atoms with Crippen molar-refractivity contribution in [1.82, 2.24) is 30.2 Å². The van der Waals surface area contributed by atoms with Crippen LogP contribution in [0.1, 0.15) is 68.7 Å². The largest absolute Gasteiger partial charge is 0.444 e. The van der Waals surface area contributed by atoms with E-state index in [2.05, 4.69) is 60.2 Å². The van der Waals surface area contributed by atoms with E-state index in [1.807, 2.05) is 81.7 Å². The number of nitrogen functional groups attached to an aromatic ring is 2. The highest BCUT2D eigenvalue weighted by Gasteiger charge is 2.27. The molecule has 2 aliphatic heterocycles. The summed E-state index contributed by atoms with van der Waals surface area (Å²) in [6, 6.07) is 24.4. The van der Waals surface area contributed by atoms with Gasteiger partial charge in [0.2, 0.25) is 0 Å². The molecule has 2 aromatic carbocycles. The third kappa shape index (κ3) is 12.7. The summed E-state index contributed by atoms with van der Waals surface area (Å²) in [6.45, 7) is 11.5. The van der Waals surface area contributed by atoms with Crippen LogP contribution in [-0.4, -0.2) is 74.9 Å². The number of nitrogens with zero attached hydrogens (tertiary/aromatic N) is 5. The van der Waals surface area contributed by atoms with Gasteiger partial charge in [0.15, 0.2) is 0 Å². The molecule has 14 heteroatoms. The summed E-state index contributed by atoms with van der Waals surface area (Å²) in [6.07, 6.45) is 11.2. The third-order valence-corrected chi connectivity index (χ3v) is 10.7. The highest BCUT2D eigenvalue weighted by Crippen LogP contribution is 2.23. The number of hydrogen-bond donors (Lipinski definition) is 5. The van der Waals surface area contributed by atoms with Crippen LogP contribution in [0, 0.1) is 0 Å². The predicted molar refractivity (Wildman–Crippen MR) is 242 cm³/mol. The number of hydrogen-bond acceptors (Lipinski definition) is 13. The van der Waals surface area contributed by atoms with Gasteiger partial charge in [0.25, 0.3) is 0 Å². The van der Waals surface area contributed by atoms with Gasteiger partial charge in [0.1, 0.15) is 28.9 Å². The molecule has 14 nitrogen and oxygen atoms in total. The number of amides is 1. The van der Waals surface area contributed by atoms with Gasteiger partial charge >= 0.3 is 6.09 Å². The molecule has 0 atom stereocenters. The van der Waals surface area contributed by atoms with E-state index in [0.717, 1.165) is 88.6 Å². The number of pyridine rings is 4. The van der Waals surface area contributed by atoms with E-state index >= 15 is 0 Å². The number of anilines is 4. The minimum absolute atomic E-state index is 0.133. The van der Waals surface area contributed by atoms with Crippen molar-refractivity contribution in [3.63, 3.8) is 0 Å². The zero-order chi connectivity index (χ0) is 42.6. The second-order valence-electron chi connectivity index (χ2n) is 16.6. The van der Waals surface area contributed by atoms with Crippen LogP contribution in [0.3, 0.4) is 0 Å². The Labute approximate surface area is 357 Å². The highest BCUT2D eigenvalue weighted by atomic mass is 16.6. The lowest BCUT2D eigenvalue weighted by atomic mass is 10.1. The Balaban J connectivity index is 0.000000189. The average Bonchev–Trinajstić information content (AvgIpc) is 3.27. The summed E-state index contributed by atoms with van der Waals surface area (Å²) in [4.78, 5) is 31.2. The van der Waals surface area contributed by atoms with E-state index in [1.54, 1.807) is 17.3 Å². The number of carbonyl (C=O) groups is 1. The molecule has 1 amide bonds. The van der Waals surface area contributed by atoms with Crippen molar-refractivity contribution in [2.24, 2.45) is 0 Å². The van der Waals surface area contributed by atoms with Gasteiger partial charge in [-0.2, -0.15) is 0 Å². The number of carbonyl (C=O) groups excluding carboxylic acids is 1. The summed E-state index contributed by atoms with van der Waals surface area (Å²) in [5.41, 5.74) is 15.8. The first-order valence-corrected chi connectivity index (χ1v) is 21.1. The molecule has 0 aliphatic carbocycles. The van der Waals surface area contributed by atoms with Crippen LogP contribution in [0.5, 0.6) is 0 Å². The molecular formula is C47H58N10O4. The number of likely N-dealkylation sites (tertiary alicyclic amines) is 1. The SMILES string of the molecule is CC(C)(C)OC(=O)N1CCC(OCc2ccc(NCc3ccc4c(N)nccc4c3)nc2)CC1.Nc1nccc2cc(CNc3ccc(COC4CCNCC4)cn3)ccc12. The van der Waals surface area contributed by atoms with Crippen LogP contribution in [0.25, 0.3) is 21.5 Å². The van der Waals surface area contributed by atoms with Crippen molar-refractivity contribution in [1.29, 1.82) is 0 Å². The molecule has 8 rings (SSSR count). The first-order valence-electron chi connectivity index (χ1n) is 21.1. The maximum Gasteiger partial charge on any atom is 0.410 e. The van der Waals surface area contributed by atoms with Gasteiger partial charge in [-0.25, -0.2) is 24.7 Å². The molecule has 6 heterocycles. The first kappa shape index (κ1) is 43.0. The number of aromatic nitrogens is 4. The molecule has 0 radical (unpaired) electrons. The van der Waals surface area contributed by atoms with E-state index < -0.39 is 5.60 Å². The smallest absolute Gasteiger partial charge is 0.410 e. The summed E-state index contributed by atoms with van der Waals surface area (Å²) in [7, 11) is 0. The Hall–Kier alpha value is -6.09. The van der Waals surface area contributed by atoms with Crippen LogP contribution < -0.4 is 27.4 Å². The fourth-order valence-corrected chi connectivity index (χ4v) is 7.26. The van der Waals surface area contributed by atoms with Gasteiger partial charge in [-0.05, 0) is 129 Å². The van der Waals surface area contributed by atoms with Gasteiger partial charge in [-0.15, -0.1) is 0 Å². The maximum absolute atomic E-state index is 12.2. The van der Waals surface area contributed by atoms with Crippen molar-refractivity contribution >= 4 is 50.9 Å². The molecule has 2 saturated heterocycles. The summed E-state index contributed by atoms with van der Waals surface area (Å²) in [5.74, 6) is 2.78. The van der Waals surface area contributed by atoms with Gasteiger partial charge in [-0.3, -0.25) is 0 Å². The Bertz CT molecular complexity index is 2340. The van der Waals surface area contributed by atoms with Crippen LogP contribution in [-0.2, 0) is 40.5 Å². The van der Waals surface area contributed by atoms with E-state index in [-0.39, 0.29) is 12.2 Å². The van der Waals surface area contributed by atoms with Crippen molar-refractivity contribution < 1.29 is 19.0 Å². The molecule has 4 aromatic heterocycles. The van der Waals surface area contributed by atoms with Gasteiger partial charge in [-0.1, -0.05) is 36.4 Å². The summed E-state index contributed by atoms with van der Waals surface area (Å²) >= 11 is 0. The highest BCUT2D eigenvalue weighted by molar-refractivity contribution is 5.92. The normalized spacial score (nSPS) is 15.0. The summed E-state index contributed by atoms with van der Waals surface area (Å²) < 4.78 is 17.5. The van der Waals surface area contributed by atoms with Gasteiger partial charge in [0.05, 0.1) is 25.4 Å². The molecule has 0 saturated carbocycles. The Morgan fingerprint density at radius 1 is 0.672 bits per heavy atom. The average molecular weight is 827 g/mol. The molecule has 0 spiro atoms. The van der Waals surface area contributed by atoms with E-state index in [9.17, 15) is 4.79 Å². The maximum atomic E-state index is 12.2. The molecule has 61 heavy (non-hydrogen) atoms. The second-order valence-corrected chi connectivity index (χ2v) is 16.6. The van der Waals surface area contributed by atoms with Crippen LogP contribution in [0.15, 0.2) is 97.6 Å². The number of piperidine rings is 2. The lowest BCUT2D eigenvalue weighted by Crippen LogP contribution is -2.43. The topological polar surface area (TPSA) is 188 Å². The predicted octanol–water partition coefficient (Wildman–Crippen LogP) is 7.83. The molecular weight excluding hydrogens is 769 g/mol. The van der Waals surface area contributed by atoms with E-state index in [0.29, 0.717) is 57.1 Å². The molecule has 0 bridgehead atoms. The van der Waals surface area contributed by atoms with Crippen molar-refractivity contribution in [3.8, 4) is 0 Å². The van der Waals surface area contributed by atoms with E-state index in [4.69, 9.17) is 25.7 Å². The number of fused-ring (bicyclic) bond motifs is 2. The van der Waals surface area contributed by atoms with E-state index in [1.165, 1.54) is 5.56 Å². The second kappa shape index (κ2) is 20.4. The number of ether oxygens (including phenoxy) is 3. The standard InChI is InChI=1S/C26H33N5O3.C21H25N5O/c1-26(2,3)34-25(32)31-12-9-21(10-13-31)33-17-19-5-7-23(30-16-19)29-15-18-4-6-22-20(14-18)8-11-28-24(22)27;22-21-19-3-1-15(11-17(19)5-10-24-21)12-25-20-4-2-16(13-26-20)14-27-18-6-8-23-9-7-18/h4-8,11,14,16,21H,9-10,12-13,15,17H2,1-3H3,(H2,27,28)(H,29,30);1-5,10-11,13,18,23H,6-9,12,14H2,(H2,22,24)(H,25,26). The van der Waals surface area contributed by atoms with Gasteiger partial charge in [0, 0.05) is 61.7 Å². The Morgan fingerprint density at radius 3 is 1.61 bits per heavy atom. The quantitative estimate of drug-likeness (QED) is 0.0804. The van der Waals surface area contributed by atoms with Crippen molar-refractivity contribution in [2.45, 2.75) is 90.6 Å². The summed E-state index contributed by atoms with van der Waals surface area (Å²) in [5, 5.41) is 14.2. The molecule has 6 aromatic rings. The molecule has 2 aliphatic rings. The van der Waals surface area contributed by atoms with Gasteiger partial charge < -0.3 is 46.5 Å². The zero-order valence-corrected chi connectivity index (χ0v) is 35.4.